The first-order valence-electron chi connectivity index (χ1n) is 7.44. The Bertz CT molecular complexity index is 530. The molecule has 0 radical (unpaired) electrons. The Balaban J connectivity index is 1.97. The minimum absolute atomic E-state index is 0.231. The van der Waals surface area contributed by atoms with E-state index in [2.05, 4.69) is 24.1 Å². The van der Waals surface area contributed by atoms with Crippen molar-refractivity contribution in [1.82, 2.24) is 10.3 Å². The average Bonchev–Trinajstić information content (AvgIpc) is 2.43. The van der Waals surface area contributed by atoms with E-state index in [1.54, 1.807) is 13.0 Å². The zero-order chi connectivity index (χ0) is 15.7. The van der Waals surface area contributed by atoms with Gasteiger partial charge < -0.3 is 16.2 Å². The van der Waals surface area contributed by atoms with Crippen molar-refractivity contribution in [2.45, 2.75) is 52.1 Å². The molecule has 0 atom stereocenters. The van der Waals surface area contributed by atoms with Crippen LogP contribution in [0.3, 0.4) is 0 Å². The smallest absolute Gasteiger partial charge is 0.253 e. The standard InChI is InChI=1S/C16H25N3O2/c1-11-13(8-12(17)9-18-11)14(20)19-10-16(21)6-4-15(2,3)5-7-16/h8-9,21H,4-7,10,17H2,1-3H3,(H,19,20). The number of nitrogens with one attached hydrogen (secondary N) is 1. The molecule has 0 spiro atoms. The van der Waals surface area contributed by atoms with E-state index in [1.165, 1.54) is 6.20 Å². The first kappa shape index (κ1) is 15.8. The summed E-state index contributed by atoms with van der Waals surface area (Å²) in [5.41, 5.74) is 6.72. The summed E-state index contributed by atoms with van der Waals surface area (Å²) >= 11 is 0. The maximum atomic E-state index is 12.2. The van der Waals surface area contributed by atoms with Crippen LogP contribution in [0, 0.1) is 12.3 Å². The summed E-state index contributed by atoms with van der Waals surface area (Å²) in [5, 5.41) is 13.4. The van der Waals surface area contributed by atoms with Crippen molar-refractivity contribution in [3.8, 4) is 0 Å². The van der Waals surface area contributed by atoms with Crippen molar-refractivity contribution < 1.29 is 9.90 Å². The van der Waals surface area contributed by atoms with E-state index in [4.69, 9.17) is 5.73 Å². The fourth-order valence-corrected chi connectivity index (χ4v) is 2.69. The number of aromatic nitrogens is 1. The monoisotopic (exact) mass is 291 g/mol. The molecular weight excluding hydrogens is 266 g/mol. The van der Waals surface area contributed by atoms with Crippen molar-refractivity contribution in [3.63, 3.8) is 0 Å². The van der Waals surface area contributed by atoms with Crippen molar-refractivity contribution in [2.24, 2.45) is 5.41 Å². The molecule has 0 aliphatic heterocycles. The molecule has 0 unspecified atom stereocenters. The highest BCUT2D eigenvalue weighted by Crippen LogP contribution is 2.39. The number of aliphatic hydroxyl groups is 1. The lowest BCUT2D eigenvalue weighted by Gasteiger charge is -2.40. The van der Waals surface area contributed by atoms with Crippen LogP contribution in [0.25, 0.3) is 0 Å². The van der Waals surface area contributed by atoms with E-state index >= 15 is 0 Å². The Morgan fingerprint density at radius 3 is 2.62 bits per heavy atom. The van der Waals surface area contributed by atoms with Crippen LogP contribution in [0.2, 0.25) is 0 Å². The second kappa shape index (κ2) is 5.64. The Labute approximate surface area is 126 Å². The molecule has 1 aromatic heterocycles. The van der Waals surface area contributed by atoms with Gasteiger partial charge in [-0.25, -0.2) is 0 Å². The minimum Gasteiger partial charge on any atom is -0.397 e. The number of anilines is 1. The average molecular weight is 291 g/mol. The highest BCUT2D eigenvalue weighted by atomic mass is 16.3. The highest BCUT2D eigenvalue weighted by Gasteiger charge is 2.36. The lowest BCUT2D eigenvalue weighted by Crippen LogP contribution is -2.46. The van der Waals surface area contributed by atoms with E-state index < -0.39 is 5.60 Å². The van der Waals surface area contributed by atoms with Crippen molar-refractivity contribution >= 4 is 11.6 Å². The Hall–Kier alpha value is -1.62. The molecule has 0 saturated heterocycles. The number of carbonyl (C=O) groups excluding carboxylic acids is 1. The van der Waals surface area contributed by atoms with E-state index in [0.29, 0.717) is 29.8 Å². The Morgan fingerprint density at radius 1 is 1.38 bits per heavy atom. The maximum absolute atomic E-state index is 12.2. The van der Waals surface area contributed by atoms with Gasteiger partial charge in [-0.2, -0.15) is 0 Å². The van der Waals surface area contributed by atoms with Gasteiger partial charge in [-0.15, -0.1) is 0 Å². The number of nitrogen functional groups attached to an aromatic ring is 1. The van der Waals surface area contributed by atoms with E-state index in [-0.39, 0.29) is 17.9 Å². The van der Waals surface area contributed by atoms with E-state index in [1.807, 2.05) is 0 Å². The number of rotatable bonds is 3. The molecule has 1 heterocycles. The summed E-state index contributed by atoms with van der Waals surface area (Å²) < 4.78 is 0. The molecule has 21 heavy (non-hydrogen) atoms. The Morgan fingerprint density at radius 2 is 2.00 bits per heavy atom. The van der Waals surface area contributed by atoms with Crippen LogP contribution in [0.5, 0.6) is 0 Å². The van der Waals surface area contributed by atoms with Crippen LogP contribution in [-0.4, -0.2) is 28.1 Å². The van der Waals surface area contributed by atoms with Gasteiger partial charge in [-0.05, 0) is 44.1 Å². The molecule has 4 N–H and O–H groups in total. The second-order valence-corrected chi connectivity index (χ2v) is 6.97. The van der Waals surface area contributed by atoms with Crippen LogP contribution >= 0.6 is 0 Å². The van der Waals surface area contributed by atoms with Gasteiger partial charge in [0.25, 0.3) is 5.91 Å². The second-order valence-electron chi connectivity index (χ2n) is 6.97. The molecule has 5 nitrogen and oxygen atoms in total. The SMILES string of the molecule is Cc1ncc(N)cc1C(=O)NCC1(O)CCC(C)(C)CC1. The third-order valence-electron chi connectivity index (χ3n) is 4.46. The van der Waals surface area contributed by atoms with Gasteiger partial charge in [0.05, 0.1) is 28.7 Å². The number of nitrogens with two attached hydrogens (primary N) is 1. The largest absolute Gasteiger partial charge is 0.397 e. The summed E-state index contributed by atoms with van der Waals surface area (Å²) in [6.07, 6.45) is 4.90. The normalized spacial score (nSPS) is 20.0. The minimum atomic E-state index is -0.799. The first-order chi connectivity index (χ1) is 9.71. The van der Waals surface area contributed by atoms with Crippen LogP contribution in [0.15, 0.2) is 12.3 Å². The predicted molar refractivity (Wildman–Crippen MR) is 82.9 cm³/mol. The number of amides is 1. The summed E-state index contributed by atoms with van der Waals surface area (Å²) in [6.45, 7) is 6.47. The molecule has 116 valence electrons. The fraction of sp³-hybridized carbons (Fsp3) is 0.625. The molecular formula is C16H25N3O2. The van der Waals surface area contributed by atoms with Crippen molar-refractivity contribution in [3.05, 3.63) is 23.5 Å². The van der Waals surface area contributed by atoms with Gasteiger partial charge in [0.2, 0.25) is 0 Å². The molecule has 1 aliphatic rings. The molecule has 1 saturated carbocycles. The number of aryl methyl sites for hydroxylation is 1. The summed E-state index contributed by atoms with van der Waals surface area (Å²) in [4.78, 5) is 16.3. The molecule has 5 heteroatoms. The number of hydrogen-bond acceptors (Lipinski definition) is 4. The lowest BCUT2D eigenvalue weighted by atomic mass is 9.71. The number of pyridine rings is 1. The van der Waals surface area contributed by atoms with Crippen molar-refractivity contribution in [2.75, 3.05) is 12.3 Å². The molecule has 2 rings (SSSR count). The topological polar surface area (TPSA) is 88.2 Å². The zero-order valence-electron chi connectivity index (χ0n) is 13.1. The maximum Gasteiger partial charge on any atom is 0.253 e. The number of carbonyl (C=O) groups is 1. The fourth-order valence-electron chi connectivity index (χ4n) is 2.69. The molecule has 1 aromatic rings. The van der Waals surface area contributed by atoms with Gasteiger partial charge in [0.1, 0.15) is 0 Å². The van der Waals surface area contributed by atoms with Gasteiger partial charge in [0, 0.05) is 6.54 Å². The number of nitrogens with zero attached hydrogens (tertiary/aromatic N) is 1. The Kier molecular flexibility index (Phi) is 4.23. The van der Waals surface area contributed by atoms with Crippen LogP contribution in [0.1, 0.15) is 55.6 Å². The highest BCUT2D eigenvalue weighted by molar-refractivity contribution is 5.95. The lowest BCUT2D eigenvalue weighted by molar-refractivity contribution is -0.0233. The van der Waals surface area contributed by atoms with Gasteiger partial charge >= 0.3 is 0 Å². The van der Waals surface area contributed by atoms with E-state index in [0.717, 1.165) is 12.8 Å². The van der Waals surface area contributed by atoms with Crippen LogP contribution < -0.4 is 11.1 Å². The molecule has 0 bridgehead atoms. The van der Waals surface area contributed by atoms with Gasteiger partial charge in [-0.1, -0.05) is 13.8 Å². The third-order valence-corrected chi connectivity index (χ3v) is 4.46. The summed E-state index contributed by atoms with van der Waals surface area (Å²) in [7, 11) is 0. The quantitative estimate of drug-likeness (QED) is 0.795. The molecule has 1 aliphatic carbocycles. The van der Waals surface area contributed by atoms with Crippen LogP contribution in [0.4, 0.5) is 5.69 Å². The first-order valence-corrected chi connectivity index (χ1v) is 7.44. The molecule has 1 amide bonds. The van der Waals surface area contributed by atoms with Crippen LogP contribution in [-0.2, 0) is 0 Å². The van der Waals surface area contributed by atoms with Gasteiger partial charge in [0.15, 0.2) is 0 Å². The zero-order valence-corrected chi connectivity index (χ0v) is 13.1. The summed E-state index contributed by atoms with van der Waals surface area (Å²) in [5.74, 6) is -0.231. The third kappa shape index (κ3) is 3.94. The predicted octanol–water partition coefficient (Wildman–Crippen LogP) is 2.03. The van der Waals surface area contributed by atoms with Crippen molar-refractivity contribution in [1.29, 1.82) is 0 Å². The molecule has 1 fully saturated rings. The summed E-state index contributed by atoms with van der Waals surface area (Å²) in [6, 6.07) is 1.62. The van der Waals surface area contributed by atoms with E-state index in [9.17, 15) is 9.90 Å². The molecule has 0 aromatic carbocycles. The van der Waals surface area contributed by atoms with Gasteiger partial charge in [-0.3, -0.25) is 9.78 Å². The number of hydrogen-bond donors (Lipinski definition) is 3.